The molecule has 1 unspecified atom stereocenters. The maximum Gasteiger partial charge on any atom is 0.412 e. The summed E-state index contributed by atoms with van der Waals surface area (Å²) in [6.45, 7) is 10.1. The molecular formula is C28H34F3N5O3. The summed E-state index contributed by atoms with van der Waals surface area (Å²) in [7, 11) is 0. The van der Waals surface area contributed by atoms with Crippen LogP contribution in [0, 0.1) is 6.92 Å². The van der Waals surface area contributed by atoms with Gasteiger partial charge in [0.25, 0.3) is 0 Å². The molecule has 8 nitrogen and oxygen atoms in total. The van der Waals surface area contributed by atoms with E-state index in [2.05, 4.69) is 25.9 Å². The Kier molecular flexibility index (Phi) is 7.64. The van der Waals surface area contributed by atoms with Crippen molar-refractivity contribution < 1.29 is 27.5 Å². The Bertz CT molecular complexity index is 1380. The third-order valence-corrected chi connectivity index (χ3v) is 6.59. The number of fused-ring (bicyclic) bond motifs is 3. The molecule has 0 bridgehead atoms. The van der Waals surface area contributed by atoms with E-state index in [1.54, 1.807) is 46.8 Å². The topological polar surface area (TPSA) is 105 Å². The van der Waals surface area contributed by atoms with Gasteiger partial charge in [0.15, 0.2) is 0 Å². The largest absolute Gasteiger partial charge is 0.444 e. The molecule has 1 aromatic heterocycles. The van der Waals surface area contributed by atoms with E-state index in [0.29, 0.717) is 28.3 Å². The number of halogens is 3. The molecule has 3 N–H and O–H groups in total. The van der Waals surface area contributed by atoms with Crippen molar-refractivity contribution >= 4 is 34.4 Å². The van der Waals surface area contributed by atoms with Crippen molar-refractivity contribution in [3.63, 3.8) is 0 Å². The quantitative estimate of drug-likeness (QED) is 0.432. The van der Waals surface area contributed by atoms with Gasteiger partial charge in [0.05, 0.1) is 11.6 Å². The van der Waals surface area contributed by atoms with Crippen LogP contribution in [0.1, 0.15) is 64.4 Å². The predicted octanol–water partition coefficient (Wildman–Crippen LogP) is 5.90. The van der Waals surface area contributed by atoms with Crippen LogP contribution in [0.25, 0.3) is 10.9 Å². The van der Waals surface area contributed by atoms with Gasteiger partial charge in [-0.2, -0.15) is 13.2 Å². The van der Waals surface area contributed by atoms with Gasteiger partial charge in [-0.3, -0.25) is 10.1 Å². The number of rotatable bonds is 5. The minimum atomic E-state index is -4.52. The second kappa shape index (κ2) is 10.5. The molecule has 1 heterocycles. The fourth-order valence-electron chi connectivity index (χ4n) is 5.06. The van der Waals surface area contributed by atoms with Crippen molar-refractivity contribution in [3.8, 4) is 0 Å². The number of nitrogens with one attached hydrogen (secondary N) is 3. The van der Waals surface area contributed by atoms with Gasteiger partial charge < -0.3 is 15.4 Å². The maximum absolute atomic E-state index is 13.7. The zero-order chi connectivity index (χ0) is 28.7. The van der Waals surface area contributed by atoms with Crippen LogP contribution in [0.15, 0.2) is 29.4 Å². The van der Waals surface area contributed by atoms with Gasteiger partial charge in [0.2, 0.25) is 5.91 Å². The molecule has 0 saturated heterocycles. The second-order valence-electron chi connectivity index (χ2n) is 11.1. The van der Waals surface area contributed by atoms with Gasteiger partial charge in [-0.15, -0.1) is 0 Å². The van der Waals surface area contributed by atoms with Gasteiger partial charge in [-0.05, 0) is 82.7 Å². The first-order chi connectivity index (χ1) is 18.1. The fraction of sp³-hybridized carbons (Fsp3) is 0.500. The van der Waals surface area contributed by atoms with Crippen LogP contribution < -0.4 is 16.0 Å². The highest BCUT2D eigenvalue weighted by molar-refractivity contribution is 5.99. The van der Waals surface area contributed by atoms with Crippen molar-refractivity contribution in [2.45, 2.75) is 91.1 Å². The Morgan fingerprint density at radius 3 is 2.46 bits per heavy atom. The number of carbonyl (C=O) groups excluding carboxylic acids is 2. The molecular weight excluding hydrogens is 511 g/mol. The summed E-state index contributed by atoms with van der Waals surface area (Å²) in [5, 5.41) is 9.36. The van der Waals surface area contributed by atoms with Crippen molar-refractivity contribution in [2.24, 2.45) is 0 Å². The van der Waals surface area contributed by atoms with Gasteiger partial charge in [-0.1, -0.05) is 6.08 Å². The monoisotopic (exact) mass is 545 g/mol. The first kappa shape index (κ1) is 28.4. The molecule has 2 aromatic rings. The number of hydrogen-bond acceptors (Lipinski definition) is 6. The molecule has 2 amide bonds. The average Bonchev–Trinajstić information content (AvgIpc) is 3.28. The first-order valence-corrected chi connectivity index (χ1v) is 13.0. The van der Waals surface area contributed by atoms with Crippen LogP contribution in [0.2, 0.25) is 0 Å². The van der Waals surface area contributed by atoms with Gasteiger partial charge in [0, 0.05) is 36.0 Å². The number of carbonyl (C=O) groups is 2. The summed E-state index contributed by atoms with van der Waals surface area (Å²) in [5.41, 5.74) is 2.37. The average molecular weight is 546 g/mol. The van der Waals surface area contributed by atoms with Gasteiger partial charge in [-0.25, -0.2) is 14.8 Å². The van der Waals surface area contributed by atoms with E-state index < -0.39 is 41.4 Å². The number of ether oxygens (including phenoxy) is 1. The zero-order valence-electron chi connectivity index (χ0n) is 23.0. The highest BCUT2D eigenvalue weighted by Gasteiger charge is 2.37. The highest BCUT2D eigenvalue weighted by atomic mass is 19.4. The molecule has 4 rings (SSSR count). The number of nitrogens with zero attached hydrogens (tertiary/aromatic N) is 2. The molecule has 2 aliphatic carbocycles. The van der Waals surface area contributed by atoms with E-state index in [9.17, 15) is 22.8 Å². The van der Waals surface area contributed by atoms with Crippen LogP contribution in [0.3, 0.4) is 0 Å². The number of hydrogen-bond donors (Lipinski definition) is 3. The van der Waals surface area contributed by atoms with E-state index in [-0.39, 0.29) is 6.42 Å². The standard InChI is InChI=1S/C28H34F3N5O3/c1-14(17-10-18(28(29,30)31)12-19(11-17)35-16(3)37)32-25-22-13-23(36-26(38)39-27(4,5)6)20-8-7-9-21(20)24(22)33-15(2)34-25/h10-11,13-14,19H,7-9,12H2,1-6H3,(H,35,37)(H,36,38)(H,32,33,34)/t14-,19?/m1/s1. The molecule has 2 atom stereocenters. The molecule has 1 aromatic carbocycles. The van der Waals surface area contributed by atoms with Crippen molar-refractivity contribution in [3.05, 3.63) is 46.3 Å². The van der Waals surface area contributed by atoms with E-state index in [1.807, 2.05) is 0 Å². The number of alkyl halides is 3. The van der Waals surface area contributed by atoms with Crippen LogP contribution >= 0.6 is 0 Å². The van der Waals surface area contributed by atoms with E-state index >= 15 is 0 Å². The van der Waals surface area contributed by atoms with Gasteiger partial charge in [0.1, 0.15) is 17.2 Å². The summed E-state index contributed by atoms with van der Waals surface area (Å²) in [4.78, 5) is 33.4. The molecule has 11 heteroatoms. The zero-order valence-corrected chi connectivity index (χ0v) is 23.0. The Morgan fingerprint density at radius 2 is 1.82 bits per heavy atom. The summed E-state index contributed by atoms with van der Waals surface area (Å²) < 4.78 is 46.4. The molecule has 0 spiro atoms. The lowest BCUT2D eigenvalue weighted by atomic mass is 9.91. The Labute approximate surface area is 225 Å². The predicted molar refractivity (Wildman–Crippen MR) is 144 cm³/mol. The molecule has 0 fully saturated rings. The number of amides is 2. The molecule has 2 aliphatic rings. The van der Waals surface area contributed by atoms with Crippen LogP contribution in [0.5, 0.6) is 0 Å². The molecule has 0 radical (unpaired) electrons. The van der Waals surface area contributed by atoms with Crippen LogP contribution in [0.4, 0.5) is 29.5 Å². The summed E-state index contributed by atoms with van der Waals surface area (Å²) in [5.74, 6) is 0.548. The molecule has 39 heavy (non-hydrogen) atoms. The summed E-state index contributed by atoms with van der Waals surface area (Å²) in [6, 6.07) is 0.441. The maximum atomic E-state index is 13.7. The normalized spacial score (nSPS) is 18.1. The Hall–Kier alpha value is -3.63. The summed E-state index contributed by atoms with van der Waals surface area (Å²) in [6.07, 6.45) is -0.201. The lowest BCUT2D eigenvalue weighted by Gasteiger charge is -2.27. The highest BCUT2D eigenvalue weighted by Crippen LogP contribution is 2.38. The molecule has 0 saturated carbocycles. The Morgan fingerprint density at radius 1 is 1.13 bits per heavy atom. The molecule has 210 valence electrons. The second-order valence-corrected chi connectivity index (χ2v) is 11.1. The van der Waals surface area contributed by atoms with Crippen molar-refractivity contribution in [1.82, 2.24) is 15.3 Å². The fourth-order valence-corrected chi connectivity index (χ4v) is 5.06. The smallest absolute Gasteiger partial charge is 0.412 e. The first-order valence-electron chi connectivity index (χ1n) is 13.0. The minimum absolute atomic E-state index is 0.333. The number of benzene rings is 1. The Balaban J connectivity index is 1.73. The van der Waals surface area contributed by atoms with E-state index in [4.69, 9.17) is 4.74 Å². The third kappa shape index (κ3) is 6.69. The number of aryl methyl sites for hydroxylation is 2. The number of aromatic nitrogens is 2. The van der Waals surface area contributed by atoms with E-state index in [0.717, 1.165) is 42.0 Å². The lowest BCUT2D eigenvalue weighted by molar-refractivity contribution is -0.119. The van der Waals surface area contributed by atoms with Crippen LogP contribution in [-0.2, 0) is 22.4 Å². The third-order valence-electron chi connectivity index (χ3n) is 6.59. The van der Waals surface area contributed by atoms with Crippen LogP contribution in [-0.4, -0.2) is 45.8 Å². The molecule has 0 aliphatic heterocycles. The van der Waals surface area contributed by atoms with Crippen molar-refractivity contribution in [1.29, 1.82) is 0 Å². The summed E-state index contributed by atoms with van der Waals surface area (Å²) >= 11 is 0. The SMILES string of the molecule is CC(=O)NC1C=C([C@@H](C)Nc2nc(C)nc3c4c(c(NC(=O)OC(C)(C)C)cc23)CCC4)C=C(C(F)(F)F)C1. The number of anilines is 2. The van der Waals surface area contributed by atoms with Gasteiger partial charge >= 0.3 is 12.3 Å². The lowest BCUT2D eigenvalue weighted by Crippen LogP contribution is -2.36. The minimum Gasteiger partial charge on any atom is -0.444 e. The van der Waals surface area contributed by atoms with E-state index in [1.165, 1.54) is 6.92 Å². The van der Waals surface area contributed by atoms with Crippen molar-refractivity contribution in [2.75, 3.05) is 10.6 Å².